The number of halogens is 1. The Morgan fingerprint density at radius 2 is 2.11 bits per heavy atom. The van der Waals surface area contributed by atoms with Crippen LogP contribution in [0.25, 0.3) is 10.9 Å². The summed E-state index contributed by atoms with van der Waals surface area (Å²) in [7, 11) is 0. The zero-order valence-electron chi connectivity index (χ0n) is 10.4. The van der Waals surface area contributed by atoms with Gasteiger partial charge in [0.15, 0.2) is 0 Å². The van der Waals surface area contributed by atoms with Crippen molar-refractivity contribution < 1.29 is 9.53 Å². The van der Waals surface area contributed by atoms with Gasteiger partial charge >= 0.3 is 6.09 Å². The van der Waals surface area contributed by atoms with E-state index in [0.29, 0.717) is 14.9 Å². The summed E-state index contributed by atoms with van der Waals surface area (Å²) >= 11 is 2.06. The van der Waals surface area contributed by atoms with Crippen molar-refractivity contribution in [2.45, 2.75) is 26.4 Å². The highest BCUT2D eigenvalue weighted by molar-refractivity contribution is 14.1. The number of carbonyl (C=O) groups excluding carboxylic acids is 1. The van der Waals surface area contributed by atoms with Crippen LogP contribution in [0.15, 0.2) is 18.2 Å². The van der Waals surface area contributed by atoms with Crippen molar-refractivity contribution in [1.29, 1.82) is 0 Å². The molecule has 0 amide bonds. The number of nitrogens with zero attached hydrogens (tertiary/aromatic N) is 2. The molecule has 0 aliphatic rings. The Hall–Kier alpha value is -1.31. The molecule has 0 bridgehead atoms. The molecule has 18 heavy (non-hydrogen) atoms. The van der Waals surface area contributed by atoms with E-state index < -0.39 is 11.7 Å². The first-order valence-electron chi connectivity index (χ1n) is 5.45. The summed E-state index contributed by atoms with van der Waals surface area (Å²) in [6, 6.07) is 5.37. The Morgan fingerprint density at radius 1 is 1.44 bits per heavy atom. The Balaban J connectivity index is 2.53. The van der Waals surface area contributed by atoms with Crippen molar-refractivity contribution in [3.63, 3.8) is 0 Å². The molecule has 5 nitrogen and oxygen atoms in total. The van der Waals surface area contributed by atoms with Crippen LogP contribution in [0.5, 0.6) is 0 Å². The van der Waals surface area contributed by atoms with E-state index in [1.165, 1.54) is 4.68 Å². The highest BCUT2D eigenvalue weighted by atomic mass is 127. The number of benzene rings is 1. The maximum atomic E-state index is 12.0. The quantitative estimate of drug-likeness (QED) is 0.580. The van der Waals surface area contributed by atoms with E-state index >= 15 is 0 Å². The molecule has 2 rings (SSSR count). The van der Waals surface area contributed by atoms with E-state index in [9.17, 15) is 4.79 Å². The van der Waals surface area contributed by atoms with Crippen LogP contribution in [0, 0.1) is 3.70 Å². The second-order valence-corrected chi connectivity index (χ2v) is 5.95. The average Bonchev–Trinajstić information content (AvgIpc) is 2.55. The minimum absolute atomic E-state index is 0.499. The molecule has 0 aliphatic heterocycles. The average molecular weight is 359 g/mol. The van der Waals surface area contributed by atoms with Gasteiger partial charge in [-0.2, -0.15) is 9.78 Å². The standard InChI is InChI=1S/C12H14IN3O2/c1-12(2,3)18-11(17)16-8-6-4-5-7(14)9(8)10(13)15-16/h4-6H,14H2,1-3H3. The second kappa shape index (κ2) is 4.42. The van der Waals surface area contributed by atoms with Crippen molar-refractivity contribution in [3.05, 3.63) is 21.9 Å². The monoisotopic (exact) mass is 359 g/mol. The smallest absolute Gasteiger partial charge is 0.435 e. The first-order valence-corrected chi connectivity index (χ1v) is 6.53. The zero-order valence-corrected chi connectivity index (χ0v) is 12.6. The minimum Gasteiger partial charge on any atom is -0.442 e. The van der Waals surface area contributed by atoms with E-state index in [1.54, 1.807) is 18.2 Å². The number of carbonyl (C=O) groups is 1. The summed E-state index contributed by atoms with van der Waals surface area (Å²) < 4.78 is 7.24. The van der Waals surface area contributed by atoms with Crippen LogP contribution in [0.4, 0.5) is 10.5 Å². The molecule has 1 aromatic carbocycles. The summed E-state index contributed by atoms with van der Waals surface area (Å²) in [5.41, 5.74) is 6.60. The van der Waals surface area contributed by atoms with Crippen LogP contribution >= 0.6 is 22.6 Å². The Morgan fingerprint density at radius 3 is 2.72 bits per heavy atom. The number of aromatic nitrogens is 2. The van der Waals surface area contributed by atoms with Crippen LogP contribution in [0.2, 0.25) is 0 Å². The third kappa shape index (κ3) is 2.43. The van der Waals surface area contributed by atoms with Crippen LogP contribution in [-0.4, -0.2) is 21.5 Å². The highest BCUT2D eigenvalue weighted by Gasteiger charge is 2.22. The lowest BCUT2D eigenvalue weighted by molar-refractivity contribution is 0.0522. The lowest BCUT2D eigenvalue weighted by Gasteiger charge is -2.19. The molecule has 0 aliphatic carbocycles. The van der Waals surface area contributed by atoms with Crippen molar-refractivity contribution in [2.75, 3.05) is 5.73 Å². The van der Waals surface area contributed by atoms with Crippen LogP contribution in [-0.2, 0) is 4.74 Å². The van der Waals surface area contributed by atoms with Gasteiger partial charge in [0.25, 0.3) is 0 Å². The fraction of sp³-hybridized carbons (Fsp3) is 0.333. The molecule has 2 aromatic rings. The molecular formula is C12H14IN3O2. The van der Waals surface area contributed by atoms with Crippen molar-refractivity contribution >= 4 is 45.3 Å². The summed E-state index contributed by atoms with van der Waals surface area (Å²) in [6.45, 7) is 5.45. The van der Waals surface area contributed by atoms with Gasteiger partial charge in [-0.1, -0.05) is 6.07 Å². The van der Waals surface area contributed by atoms with E-state index in [-0.39, 0.29) is 0 Å². The summed E-state index contributed by atoms with van der Waals surface area (Å²) in [5.74, 6) is 0. The van der Waals surface area contributed by atoms with Gasteiger partial charge in [0, 0.05) is 5.69 Å². The molecule has 0 fully saturated rings. The third-order valence-corrected chi connectivity index (χ3v) is 3.02. The van der Waals surface area contributed by atoms with Gasteiger partial charge in [-0.25, -0.2) is 4.79 Å². The first kappa shape index (κ1) is 13.1. The number of rotatable bonds is 0. The van der Waals surface area contributed by atoms with Gasteiger partial charge in [0.1, 0.15) is 9.30 Å². The molecule has 0 spiro atoms. The van der Waals surface area contributed by atoms with Crippen LogP contribution < -0.4 is 5.73 Å². The van der Waals surface area contributed by atoms with Gasteiger partial charge < -0.3 is 10.5 Å². The maximum Gasteiger partial charge on any atom is 0.435 e. The number of hydrogen-bond donors (Lipinski definition) is 1. The van der Waals surface area contributed by atoms with Crippen molar-refractivity contribution in [2.24, 2.45) is 0 Å². The maximum absolute atomic E-state index is 12.0. The molecular weight excluding hydrogens is 345 g/mol. The summed E-state index contributed by atoms with van der Waals surface area (Å²) in [5, 5.41) is 4.96. The zero-order chi connectivity index (χ0) is 13.5. The van der Waals surface area contributed by atoms with Crippen LogP contribution in [0.1, 0.15) is 20.8 Å². The SMILES string of the molecule is CC(C)(C)OC(=O)n1nc(I)c2c(N)cccc21. The van der Waals surface area contributed by atoms with Gasteiger partial charge in [-0.15, -0.1) is 0 Å². The fourth-order valence-electron chi connectivity index (χ4n) is 1.59. The molecule has 0 atom stereocenters. The number of hydrogen-bond acceptors (Lipinski definition) is 4. The predicted octanol–water partition coefficient (Wildman–Crippen LogP) is 3.01. The summed E-state index contributed by atoms with van der Waals surface area (Å²) in [6.07, 6.45) is -0.499. The normalized spacial score (nSPS) is 11.8. The van der Waals surface area contributed by atoms with E-state index in [1.807, 2.05) is 20.8 Å². The van der Waals surface area contributed by atoms with Crippen molar-refractivity contribution in [1.82, 2.24) is 9.78 Å². The molecule has 1 aromatic heterocycles. The molecule has 6 heteroatoms. The van der Waals surface area contributed by atoms with Gasteiger partial charge in [0.2, 0.25) is 0 Å². The number of nitrogen functional groups attached to an aromatic ring is 1. The van der Waals surface area contributed by atoms with E-state index in [2.05, 4.69) is 27.7 Å². The minimum atomic E-state index is -0.554. The molecule has 1 heterocycles. The largest absolute Gasteiger partial charge is 0.442 e. The third-order valence-electron chi connectivity index (χ3n) is 2.26. The number of anilines is 1. The Bertz CT molecular complexity index is 614. The lowest BCUT2D eigenvalue weighted by Crippen LogP contribution is -2.27. The first-order chi connectivity index (χ1) is 8.29. The molecule has 96 valence electrons. The predicted molar refractivity (Wildman–Crippen MR) is 78.5 cm³/mol. The number of ether oxygens (including phenoxy) is 1. The Kier molecular flexibility index (Phi) is 3.22. The van der Waals surface area contributed by atoms with E-state index in [0.717, 1.165) is 5.39 Å². The molecule has 0 unspecified atom stereocenters. The van der Waals surface area contributed by atoms with E-state index in [4.69, 9.17) is 10.5 Å². The fourth-order valence-corrected chi connectivity index (χ4v) is 2.40. The van der Waals surface area contributed by atoms with Gasteiger partial charge in [-0.3, -0.25) is 0 Å². The molecule has 0 saturated carbocycles. The van der Waals surface area contributed by atoms with Crippen LogP contribution in [0.3, 0.4) is 0 Å². The number of nitrogens with two attached hydrogens (primary N) is 1. The number of fused-ring (bicyclic) bond motifs is 1. The topological polar surface area (TPSA) is 70.1 Å². The van der Waals surface area contributed by atoms with Gasteiger partial charge in [-0.05, 0) is 55.5 Å². The van der Waals surface area contributed by atoms with Crippen molar-refractivity contribution in [3.8, 4) is 0 Å². The highest BCUT2D eigenvalue weighted by Crippen LogP contribution is 2.26. The molecule has 2 N–H and O–H groups in total. The van der Waals surface area contributed by atoms with Gasteiger partial charge in [0.05, 0.1) is 10.9 Å². The summed E-state index contributed by atoms with van der Waals surface area (Å²) in [4.78, 5) is 12.0. The Labute approximate surface area is 118 Å². The lowest BCUT2D eigenvalue weighted by atomic mass is 10.2. The molecule has 0 radical (unpaired) electrons. The second-order valence-electron chi connectivity index (χ2n) is 4.92. The molecule has 0 saturated heterocycles.